The van der Waals surface area contributed by atoms with Crippen LogP contribution < -0.4 is 5.32 Å². The highest BCUT2D eigenvalue weighted by molar-refractivity contribution is 5.69. The summed E-state index contributed by atoms with van der Waals surface area (Å²) in [6.45, 7) is 8.65. The highest BCUT2D eigenvalue weighted by Gasteiger charge is 2.48. The average Bonchev–Trinajstić information content (AvgIpc) is 2.38. The smallest absolute Gasteiger partial charge is 0.410 e. The van der Waals surface area contributed by atoms with E-state index in [1.165, 1.54) is 0 Å². The Labute approximate surface area is 91.0 Å². The van der Waals surface area contributed by atoms with E-state index in [9.17, 15) is 4.79 Å². The van der Waals surface area contributed by atoms with Crippen LogP contribution in [-0.4, -0.2) is 41.3 Å². The fourth-order valence-electron chi connectivity index (χ4n) is 2.47. The van der Waals surface area contributed by atoms with Gasteiger partial charge in [0, 0.05) is 18.6 Å². The second-order valence-corrected chi connectivity index (χ2v) is 5.51. The largest absolute Gasteiger partial charge is 0.444 e. The Morgan fingerprint density at radius 1 is 1.47 bits per heavy atom. The Morgan fingerprint density at radius 3 is 2.67 bits per heavy atom. The van der Waals surface area contributed by atoms with Gasteiger partial charge in [-0.05, 0) is 34.1 Å². The number of fused-ring (bicyclic) bond motifs is 1. The molecular weight excluding hydrogens is 192 g/mol. The highest BCUT2D eigenvalue weighted by Crippen LogP contribution is 2.30. The second kappa shape index (κ2) is 3.37. The number of amides is 1. The van der Waals surface area contributed by atoms with E-state index in [4.69, 9.17) is 4.74 Å². The number of rotatable bonds is 0. The molecule has 0 aromatic rings. The summed E-state index contributed by atoms with van der Waals surface area (Å²) >= 11 is 0. The Morgan fingerprint density at radius 2 is 2.13 bits per heavy atom. The summed E-state index contributed by atoms with van der Waals surface area (Å²) in [5.41, 5.74) is -0.393. The third kappa shape index (κ3) is 1.95. The zero-order valence-electron chi connectivity index (χ0n) is 9.91. The van der Waals surface area contributed by atoms with Gasteiger partial charge in [-0.2, -0.15) is 0 Å². The lowest BCUT2D eigenvalue weighted by atomic mass is 9.92. The summed E-state index contributed by atoms with van der Waals surface area (Å²) < 4.78 is 5.38. The van der Waals surface area contributed by atoms with Gasteiger partial charge in [0.1, 0.15) is 5.60 Å². The van der Waals surface area contributed by atoms with Crippen LogP contribution in [0.1, 0.15) is 34.1 Å². The van der Waals surface area contributed by atoms with Crippen LogP contribution in [0.3, 0.4) is 0 Å². The molecule has 4 heteroatoms. The summed E-state index contributed by atoms with van der Waals surface area (Å²) in [7, 11) is 0. The van der Waals surface area contributed by atoms with Crippen molar-refractivity contribution in [3.63, 3.8) is 0 Å². The molecule has 3 atom stereocenters. The third-order valence-electron chi connectivity index (χ3n) is 3.07. The van der Waals surface area contributed by atoms with Crippen molar-refractivity contribution in [2.24, 2.45) is 0 Å². The summed E-state index contributed by atoms with van der Waals surface area (Å²) in [6, 6.07) is 1.25. The fraction of sp³-hybridized carbons (Fsp3) is 0.909. The minimum atomic E-state index is -0.393. The van der Waals surface area contributed by atoms with Crippen LogP contribution in [0.25, 0.3) is 0 Å². The van der Waals surface area contributed by atoms with Gasteiger partial charge in [0.2, 0.25) is 0 Å². The lowest BCUT2D eigenvalue weighted by Gasteiger charge is -2.43. The molecular formula is C11H20N2O2. The molecule has 0 aliphatic carbocycles. The van der Waals surface area contributed by atoms with Crippen molar-refractivity contribution in [2.75, 3.05) is 6.54 Å². The van der Waals surface area contributed by atoms with Crippen LogP contribution in [0.4, 0.5) is 4.79 Å². The van der Waals surface area contributed by atoms with E-state index in [-0.39, 0.29) is 6.09 Å². The van der Waals surface area contributed by atoms with Crippen molar-refractivity contribution in [2.45, 2.75) is 57.8 Å². The van der Waals surface area contributed by atoms with E-state index in [0.717, 1.165) is 13.0 Å². The zero-order valence-corrected chi connectivity index (χ0v) is 9.91. The number of nitrogens with one attached hydrogen (secondary N) is 1. The number of nitrogens with zero attached hydrogens (tertiary/aromatic N) is 1. The summed E-state index contributed by atoms with van der Waals surface area (Å²) in [6.07, 6.45) is 0.886. The SMILES string of the molecule is C[C@@H]1N[C@@H]2CCN(C(=O)OC(C)(C)C)[C@H]12. The van der Waals surface area contributed by atoms with Gasteiger partial charge in [0.25, 0.3) is 0 Å². The van der Waals surface area contributed by atoms with Crippen LogP contribution in [0.15, 0.2) is 0 Å². The number of hydrogen-bond donors (Lipinski definition) is 1. The molecule has 0 unspecified atom stereocenters. The highest BCUT2D eigenvalue weighted by atomic mass is 16.6. The van der Waals surface area contributed by atoms with Crippen molar-refractivity contribution in [3.05, 3.63) is 0 Å². The van der Waals surface area contributed by atoms with Gasteiger partial charge in [0.15, 0.2) is 0 Å². The minimum absolute atomic E-state index is 0.164. The van der Waals surface area contributed by atoms with Gasteiger partial charge >= 0.3 is 6.09 Å². The molecule has 2 rings (SSSR count). The van der Waals surface area contributed by atoms with Crippen molar-refractivity contribution >= 4 is 6.09 Å². The van der Waals surface area contributed by atoms with E-state index in [1.54, 1.807) is 0 Å². The first kappa shape index (κ1) is 10.7. The van der Waals surface area contributed by atoms with E-state index in [0.29, 0.717) is 18.1 Å². The molecule has 0 aromatic heterocycles. The maximum Gasteiger partial charge on any atom is 0.410 e. The first-order valence-electron chi connectivity index (χ1n) is 5.64. The Kier molecular flexibility index (Phi) is 2.41. The fourth-order valence-corrected chi connectivity index (χ4v) is 2.47. The molecule has 1 N–H and O–H groups in total. The topological polar surface area (TPSA) is 41.6 Å². The standard InChI is InChI=1S/C11H20N2O2/c1-7-9-8(12-7)5-6-13(9)10(14)15-11(2,3)4/h7-9,12H,5-6H2,1-4H3/t7-,8+,9+/m0/s1. The maximum atomic E-state index is 11.9. The van der Waals surface area contributed by atoms with Crippen molar-refractivity contribution in [1.29, 1.82) is 0 Å². The zero-order chi connectivity index (χ0) is 11.2. The number of likely N-dealkylation sites (tertiary alicyclic amines) is 1. The van der Waals surface area contributed by atoms with E-state index in [1.807, 2.05) is 25.7 Å². The lowest BCUT2D eigenvalue weighted by molar-refractivity contribution is 0.0109. The van der Waals surface area contributed by atoms with Gasteiger partial charge in [-0.25, -0.2) is 4.79 Å². The van der Waals surface area contributed by atoms with Crippen molar-refractivity contribution in [1.82, 2.24) is 10.2 Å². The van der Waals surface area contributed by atoms with E-state index in [2.05, 4.69) is 12.2 Å². The quantitative estimate of drug-likeness (QED) is 0.659. The van der Waals surface area contributed by atoms with Crippen LogP contribution in [0.2, 0.25) is 0 Å². The van der Waals surface area contributed by atoms with Crippen molar-refractivity contribution in [3.8, 4) is 0 Å². The molecule has 0 saturated carbocycles. The molecule has 2 fully saturated rings. The van der Waals surface area contributed by atoms with Gasteiger partial charge in [-0.3, -0.25) is 0 Å². The molecule has 0 bridgehead atoms. The Hall–Kier alpha value is -0.770. The van der Waals surface area contributed by atoms with Crippen molar-refractivity contribution < 1.29 is 9.53 Å². The summed E-state index contributed by atoms with van der Waals surface area (Å²) in [4.78, 5) is 13.7. The van der Waals surface area contributed by atoms with Crippen LogP contribution in [0, 0.1) is 0 Å². The summed E-state index contributed by atoms with van der Waals surface area (Å²) in [5, 5.41) is 3.40. The normalized spacial score (nSPS) is 34.7. The van der Waals surface area contributed by atoms with E-state index < -0.39 is 5.60 Å². The molecule has 1 amide bonds. The molecule has 15 heavy (non-hydrogen) atoms. The number of carbonyl (C=O) groups is 1. The van der Waals surface area contributed by atoms with Crippen LogP contribution in [0.5, 0.6) is 0 Å². The summed E-state index contributed by atoms with van der Waals surface area (Å²) in [5.74, 6) is 0. The van der Waals surface area contributed by atoms with Crippen LogP contribution >= 0.6 is 0 Å². The monoisotopic (exact) mass is 212 g/mol. The Balaban J connectivity index is 1.97. The second-order valence-electron chi connectivity index (χ2n) is 5.51. The Bertz CT molecular complexity index is 272. The van der Waals surface area contributed by atoms with Gasteiger partial charge in [-0.15, -0.1) is 0 Å². The molecule has 2 aliphatic rings. The van der Waals surface area contributed by atoms with E-state index >= 15 is 0 Å². The first-order chi connectivity index (χ1) is 6.88. The molecule has 0 spiro atoms. The minimum Gasteiger partial charge on any atom is -0.444 e. The van der Waals surface area contributed by atoms with Gasteiger partial charge in [-0.1, -0.05) is 0 Å². The molecule has 4 nitrogen and oxygen atoms in total. The first-order valence-corrected chi connectivity index (χ1v) is 5.64. The number of ether oxygens (including phenoxy) is 1. The predicted octanol–water partition coefficient (Wildman–Crippen LogP) is 1.36. The molecule has 0 aromatic carbocycles. The average molecular weight is 212 g/mol. The van der Waals surface area contributed by atoms with Gasteiger partial charge < -0.3 is 15.0 Å². The van der Waals surface area contributed by atoms with Gasteiger partial charge in [0.05, 0.1) is 6.04 Å². The molecule has 2 saturated heterocycles. The van der Waals surface area contributed by atoms with Crippen LogP contribution in [-0.2, 0) is 4.74 Å². The number of carbonyl (C=O) groups excluding carboxylic acids is 1. The molecule has 2 aliphatic heterocycles. The maximum absolute atomic E-state index is 11.9. The molecule has 0 radical (unpaired) electrons. The third-order valence-corrected chi connectivity index (χ3v) is 3.07. The number of hydrogen-bond acceptors (Lipinski definition) is 3. The predicted molar refractivity (Wildman–Crippen MR) is 57.7 cm³/mol. The lowest BCUT2D eigenvalue weighted by Crippen LogP contribution is -2.66. The molecule has 2 heterocycles. The molecule has 86 valence electrons.